The molecule has 0 saturated heterocycles. The van der Waals surface area contributed by atoms with Crippen LogP contribution in [-0.2, 0) is 7.05 Å². The lowest BCUT2D eigenvalue weighted by atomic mass is 10.1. The largest absolute Gasteiger partial charge is 0.352 e. The lowest BCUT2D eigenvalue weighted by molar-refractivity contribution is 0.142. The van der Waals surface area contributed by atoms with Crippen molar-refractivity contribution < 1.29 is 8.78 Å². The Morgan fingerprint density at radius 1 is 1.00 bits per heavy atom. The van der Waals surface area contributed by atoms with Gasteiger partial charge in [-0.3, -0.25) is 4.98 Å². The summed E-state index contributed by atoms with van der Waals surface area (Å²) < 4.78 is 31.0. The smallest absolute Gasteiger partial charge is 0.295 e. The van der Waals surface area contributed by atoms with E-state index >= 15 is 0 Å². The summed E-state index contributed by atoms with van der Waals surface area (Å²) in [7, 11) is 3.89. The van der Waals surface area contributed by atoms with Crippen LogP contribution in [0.3, 0.4) is 0 Å². The van der Waals surface area contributed by atoms with Crippen molar-refractivity contribution in [2.45, 2.75) is 20.3 Å². The minimum Gasteiger partial charge on any atom is -0.352 e. The van der Waals surface area contributed by atoms with Gasteiger partial charge in [-0.25, -0.2) is 28.7 Å². The molecule has 5 rings (SSSR count). The number of halogens is 2. The highest BCUT2D eigenvalue weighted by atomic mass is 32.2. The summed E-state index contributed by atoms with van der Waals surface area (Å²) in [4.78, 5) is 24.2. The fraction of sp³-hybridized carbons (Fsp3) is 0.240. The first-order valence-corrected chi connectivity index (χ1v) is 12.8. The predicted octanol–water partition coefficient (Wildman–Crippen LogP) is 5.90. The van der Waals surface area contributed by atoms with Crippen molar-refractivity contribution in [1.82, 2.24) is 34.5 Å². The number of aromatic nitrogens is 7. The Kier molecular flexibility index (Phi) is 6.85. The third kappa shape index (κ3) is 4.96. The summed E-state index contributed by atoms with van der Waals surface area (Å²) in [6.45, 7) is 3.73. The zero-order valence-corrected chi connectivity index (χ0v) is 22.2. The molecule has 13 heteroatoms. The third-order valence-electron chi connectivity index (χ3n) is 6.13. The molecule has 0 atom stereocenters. The number of nitrogens with zero attached hydrogens (tertiary/aromatic N) is 7. The molecule has 0 saturated carbocycles. The molecule has 0 aliphatic rings. The number of benzene rings is 1. The van der Waals surface area contributed by atoms with E-state index in [-0.39, 0.29) is 5.65 Å². The summed E-state index contributed by atoms with van der Waals surface area (Å²) in [5.74, 6) is 0.418. The Labute approximate surface area is 222 Å². The van der Waals surface area contributed by atoms with E-state index in [2.05, 4.69) is 46.6 Å². The van der Waals surface area contributed by atoms with Gasteiger partial charge in [0.15, 0.2) is 11.5 Å². The number of anilines is 5. The fourth-order valence-corrected chi connectivity index (χ4v) is 4.29. The van der Waals surface area contributed by atoms with Gasteiger partial charge < -0.3 is 24.5 Å². The number of imidazole rings is 2. The van der Waals surface area contributed by atoms with E-state index in [0.717, 1.165) is 34.0 Å². The molecule has 38 heavy (non-hydrogen) atoms. The van der Waals surface area contributed by atoms with Crippen LogP contribution in [0.2, 0.25) is 0 Å². The predicted molar refractivity (Wildman–Crippen MR) is 147 cm³/mol. The molecule has 0 unspecified atom stereocenters. The molecule has 10 nitrogen and oxygen atoms in total. The zero-order valence-electron chi connectivity index (χ0n) is 21.4. The van der Waals surface area contributed by atoms with E-state index in [4.69, 9.17) is 0 Å². The summed E-state index contributed by atoms with van der Waals surface area (Å²) >= 11 is 1.54. The maximum absolute atomic E-state index is 13.5. The Morgan fingerprint density at radius 3 is 2.50 bits per heavy atom. The van der Waals surface area contributed by atoms with E-state index in [1.54, 1.807) is 30.5 Å². The van der Waals surface area contributed by atoms with Crippen LogP contribution in [0, 0.1) is 13.8 Å². The Bertz CT molecular complexity index is 1610. The second-order valence-corrected chi connectivity index (χ2v) is 9.57. The van der Waals surface area contributed by atoms with Crippen molar-refractivity contribution in [2.75, 3.05) is 28.2 Å². The Balaban J connectivity index is 1.59. The van der Waals surface area contributed by atoms with Crippen LogP contribution >= 0.6 is 11.9 Å². The number of fused-ring (bicyclic) bond motifs is 1. The van der Waals surface area contributed by atoms with Gasteiger partial charge in [0, 0.05) is 32.0 Å². The highest BCUT2D eigenvalue weighted by Gasteiger charge is 2.19. The number of aryl methyl sites for hydroxylation is 3. The molecule has 0 spiro atoms. The van der Waals surface area contributed by atoms with Gasteiger partial charge >= 0.3 is 0 Å². The quantitative estimate of drug-likeness (QED) is 0.209. The van der Waals surface area contributed by atoms with E-state index in [0.29, 0.717) is 22.8 Å². The first-order chi connectivity index (χ1) is 18.2. The molecule has 3 N–H and O–H groups in total. The summed E-state index contributed by atoms with van der Waals surface area (Å²) in [5, 5.41) is 6.53. The van der Waals surface area contributed by atoms with Crippen LogP contribution in [-0.4, -0.2) is 47.8 Å². The van der Waals surface area contributed by atoms with Gasteiger partial charge in [-0.05, 0) is 26.0 Å². The molecule has 4 heterocycles. The zero-order chi connectivity index (χ0) is 27.0. The van der Waals surface area contributed by atoms with Crippen LogP contribution < -0.4 is 14.9 Å². The van der Waals surface area contributed by atoms with Crippen molar-refractivity contribution in [3.05, 3.63) is 60.2 Å². The van der Waals surface area contributed by atoms with Gasteiger partial charge in [0.25, 0.3) is 6.43 Å². The first-order valence-electron chi connectivity index (χ1n) is 11.6. The van der Waals surface area contributed by atoms with Crippen molar-refractivity contribution >= 4 is 51.8 Å². The molecular weight excluding hydrogens is 510 g/mol. The van der Waals surface area contributed by atoms with Gasteiger partial charge in [0.2, 0.25) is 0 Å². The van der Waals surface area contributed by atoms with Crippen molar-refractivity contribution in [3.63, 3.8) is 0 Å². The number of hydrogen-bond donors (Lipinski definition) is 3. The molecule has 4 aromatic heterocycles. The average molecular weight is 537 g/mol. The lowest BCUT2D eigenvalue weighted by Crippen LogP contribution is -2.09. The van der Waals surface area contributed by atoms with E-state index in [9.17, 15) is 8.78 Å². The highest BCUT2D eigenvalue weighted by Crippen LogP contribution is 2.37. The number of rotatable bonds is 8. The van der Waals surface area contributed by atoms with E-state index in [1.165, 1.54) is 0 Å². The van der Waals surface area contributed by atoms with Gasteiger partial charge in [-0.15, -0.1) is 0 Å². The summed E-state index contributed by atoms with van der Waals surface area (Å²) in [6.07, 6.45) is 4.36. The number of pyridine rings is 1. The minimum absolute atomic E-state index is 0.149. The second kappa shape index (κ2) is 10.2. The molecule has 0 radical (unpaired) electrons. The molecule has 0 amide bonds. The van der Waals surface area contributed by atoms with Crippen molar-refractivity contribution in [2.24, 2.45) is 7.05 Å². The monoisotopic (exact) mass is 536 g/mol. The summed E-state index contributed by atoms with van der Waals surface area (Å²) in [5.41, 5.74) is 6.25. The average Bonchev–Trinajstić information content (AvgIpc) is 3.52. The van der Waals surface area contributed by atoms with E-state index < -0.39 is 12.2 Å². The van der Waals surface area contributed by atoms with Crippen molar-refractivity contribution in [3.8, 4) is 11.3 Å². The van der Waals surface area contributed by atoms with Gasteiger partial charge in [-0.2, -0.15) is 0 Å². The second-order valence-electron chi connectivity index (χ2n) is 8.65. The maximum Gasteiger partial charge on any atom is 0.295 e. The summed E-state index contributed by atoms with van der Waals surface area (Å²) in [6, 6.07) is 7.71. The van der Waals surface area contributed by atoms with Crippen LogP contribution in [0.1, 0.15) is 23.6 Å². The molecule has 0 bridgehead atoms. The molecule has 5 aromatic rings. The number of H-pyrrole nitrogens is 1. The molecular formula is C25H26F2N10S. The SMILES string of the molecule is CSN(C)c1cc(-c2cncn2C)ccc1Nc1cc(Nc2cnc(C)c(C)n2)nc2nc(C(F)F)[nH]c12. The molecule has 0 aliphatic heterocycles. The lowest BCUT2D eigenvalue weighted by Gasteiger charge is -2.22. The van der Waals surface area contributed by atoms with Crippen molar-refractivity contribution in [1.29, 1.82) is 0 Å². The topological polar surface area (TPSA) is 112 Å². The normalized spacial score (nSPS) is 11.4. The van der Waals surface area contributed by atoms with Gasteiger partial charge in [-0.1, -0.05) is 18.0 Å². The van der Waals surface area contributed by atoms with Crippen LogP contribution in [0.4, 0.5) is 37.5 Å². The number of nitrogens with one attached hydrogen (secondary N) is 3. The highest BCUT2D eigenvalue weighted by molar-refractivity contribution is 7.99. The van der Waals surface area contributed by atoms with E-state index in [1.807, 2.05) is 61.4 Å². The minimum atomic E-state index is -2.77. The molecule has 196 valence electrons. The Hall–Kier alpha value is -4.26. The first kappa shape index (κ1) is 25.4. The van der Waals surface area contributed by atoms with Crippen LogP contribution in [0.25, 0.3) is 22.4 Å². The van der Waals surface area contributed by atoms with Gasteiger partial charge in [0.1, 0.15) is 17.2 Å². The molecule has 0 aliphatic carbocycles. The molecule has 0 fully saturated rings. The molecule has 1 aromatic carbocycles. The standard InChI is InChI=1S/C25H26F2N10S/c1-13-14(2)30-21(11-29-13)32-20-9-17(22-24(33-20)35-25(34-22)23(26)27)31-16-7-6-15(8-18(16)37(4)38-5)19-10-28-12-36(19)3/h6-12,23H,1-5H3,(H3,30,31,32,33,34,35). The van der Waals surface area contributed by atoms with Gasteiger partial charge in [0.05, 0.1) is 52.9 Å². The number of hydrogen-bond acceptors (Lipinski definition) is 9. The number of aromatic amines is 1. The van der Waals surface area contributed by atoms with Crippen LogP contribution in [0.15, 0.2) is 43.0 Å². The van der Waals surface area contributed by atoms with Crippen LogP contribution in [0.5, 0.6) is 0 Å². The Morgan fingerprint density at radius 2 is 1.82 bits per heavy atom. The number of alkyl halides is 2. The third-order valence-corrected chi connectivity index (χ3v) is 6.87. The maximum atomic E-state index is 13.5. The fourth-order valence-electron chi connectivity index (χ4n) is 3.94.